The number of carbonyl (C=O) groups excluding carboxylic acids is 1. The Hall–Kier alpha value is -1.96. The molecule has 0 aliphatic carbocycles. The van der Waals surface area contributed by atoms with Gasteiger partial charge in [-0.3, -0.25) is 4.72 Å². The van der Waals surface area contributed by atoms with E-state index in [4.69, 9.17) is 4.74 Å². The van der Waals surface area contributed by atoms with Gasteiger partial charge in [-0.25, -0.2) is 13.2 Å². The average Bonchev–Trinajstić information content (AvgIpc) is 2.45. The maximum Gasteiger partial charge on any atom is 0.410 e. The molecule has 0 bridgehead atoms. The van der Waals surface area contributed by atoms with Crippen LogP contribution < -0.4 is 9.62 Å². The van der Waals surface area contributed by atoms with Crippen LogP contribution in [0.5, 0.6) is 0 Å². The van der Waals surface area contributed by atoms with Gasteiger partial charge in [-0.1, -0.05) is 0 Å². The Morgan fingerprint density at radius 2 is 1.62 bits per heavy atom. The normalized spacial score (nSPS) is 16.0. The molecule has 2 rings (SSSR count). The molecule has 7 nitrogen and oxygen atoms in total. The second kappa shape index (κ2) is 6.88. The molecule has 1 saturated heterocycles. The van der Waals surface area contributed by atoms with Crippen molar-refractivity contribution in [1.29, 1.82) is 0 Å². The number of sulfonamides is 1. The minimum absolute atomic E-state index is 0.283. The highest BCUT2D eigenvalue weighted by Crippen LogP contribution is 2.20. The third kappa shape index (κ3) is 5.59. The Labute approximate surface area is 143 Å². The van der Waals surface area contributed by atoms with Gasteiger partial charge in [0.05, 0.1) is 6.26 Å². The summed E-state index contributed by atoms with van der Waals surface area (Å²) in [6, 6.07) is 7.21. The van der Waals surface area contributed by atoms with Gasteiger partial charge < -0.3 is 14.5 Å². The minimum atomic E-state index is -3.27. The Morgan fingerprint density at radius 3 is 2.08 bits per heavy atom. The fourth-order valence-electron chi connectivity index (χ4n) is 2.43. The number of nitrogens with one attached hydrogen (secondary N) is 1. The molecule has 134 valence electrons. The van der Waals surface area contributed by atoms with Gasteiger partial charge in [0.1, 0.15) is 5.60 Å². The van der Waals surface area contributed by atoms with E-state index in [0.29, 0.717) is 31.9 Å². The Morgan fingerprint density at radius 1 is 1.08 bits per heavy atom. The minimum Gasteiger partial charge on any atom is -0.444 e. The molecule has 1 aromatic carbocycles. The highest BCUT2D eigenvalue weighted by atomic mass is 32.2. The smallest absolute Gasteiger partial charge is 0.410 e. The summed E-state index contributed by atoms with van der Waals surface area (Å²) in [5.41, 5.74) is 1.04. The summed E-state index contributed by atoms with van der Waals surface area (Å²) in [4.78, 5) is 15.9. The van der Waals surface area contributed by atoms with Crippen LogP contribution in [0, 0.1) is 0 Å². The van der Waals surface area contributed by atoms with E-state index in [2.05, 4.69) is 9.62 Å². The molecule has 1 heterocycles. The largest absolute Gasteiger partial charge is 0.444 e. The summed E-state index contributed by atoms with van der Waals surface area (Å²) >= 11 is 0. The molecule has 0 aromatic heterocycles. The van der Waals surface area contributed by atoms with E-state index >= 15 is 0 Å². The fourth-order valence-corrected chi connectivity index (χ4v) is 2.99. The quantitative estimate of drug-likeness (QED) is 0.898. The van der Waals surface area contributed by atoms with Crippen molar-refractivity contribution < 1.29 is 17.9 Å². The van der Waals surface area contributed by atoms with E-state index < -0.39 is 15.6 Å². The molecular weight excluding hydrogens is 330 g/mol. The second-order valence-corrected chi connectivity index (χ2v) is 8.62. The standard InChI is InChI=1S/C16H25N3O4S/c1-16(2,3)23-15(20)19-11-9-18(10-12-19)14-7-5-13(6-8-14)17-24(4,21)22/h5-8,17H,9-12H2,1-4H3. The molecule has 0 spiro atoms. The number of rotatable bonds is 3. The molecule has 1 N–H and O–H groups in total. The molecule has 1 aliphatic rings. The highest BCUT2D eigenvalue weighted by molar-refractivity contribution is 7.92. The van der Waals surface area contributed by atoms with Crippen molar-refractivity contribution >= 4 is 27.5 Å². The van der Waals surface area contributed by atoms with Crippen LogP contribution in [0.1, 0.15) is 20.8 Å². The molecule has 1 aliphatic heterocycles. The molecular formula is C16H25N3O4S. The molecule has 1 fully saturated rings. The van der Waals surface area contributed by atoms with E-state index in [1.165, 1.54) is 0 Å². The van der Waals surface area contributed by atoms with Crippen LogP contribution in [-0.4, -0.2) is 57.4 Å². The third-order valence-corrected chi connectivity index (χ3v) is 4.07. The number of nitrogens with zero attached hydrogens (tertiary/aromatic N) is 2. The highest BCUT2D eigenvalue weighted by Gasteiger charge is 2.25. The number of anilines is 2. The van der Waals surface area contributed by atoms with Crippen molar-refractivity contribution in [1.82, 2.24) is 4.90 Å². The first-order valence-corrected chi connectivity index (χ1v) is 9.73. The summed E-state index contributed by atoms with van der Waals surface area (Å²) in [6.07, 6.45) is 0.839. The van der Waals surface area contributed by atoms with Gasteiger partial charge in [0.2, 0.25) is 10.0 Å². The van der Waals surface area contributed by atoms with E-state index in [1.807, 2.05) is 32.9 Å². The fraction of sp³-hybridized carbons (Fsp3) is 0.562. The topological polar surface area (TPSA) is 79.0 Å². The van der Waals surface area contributed by atoms with Gasteiger partial charge >= 0.3 is 6.09 Å². The van der Waals surface area contributed by atoms with Gasteiger partial charge in [0.25, 0.3) is 0 Å². The van der Waals surface area contributed by atoms with Crippen molar-refractivity contribution in [3.63, 3.8) is 0 Å². The maximum absolute atomic E-state index is 12.1. The number of benzene rings is 1. The van der Waals surface area contributed by atoms with Crippen LogP contribution in [0.2, 0.25) is 0 Å². The molecule has 1 amide bonds. The number of hydrogen-bond donors (Lipinski definition) is 1. The summed E-state index contributed by atoms with van der Waals surface area (Å²) in [5.74, 6) is 0. The zero-order valence-corrected chi connectivity index (χ0v) is 15.4. The zero-order chi connectivity index (χ0) is 18.0. The summed E-state index contributed by atoms with van der Waals surface area (Å²) in [7, 11) is -3.27. The lowest BCUT2D eigenvalue weighted by Crippen LogP contribution is -2.50. The first kappa shape index (κ1) is 18.4. The monoisotopic (exact) mass is 355 g/mol. The Kier molecular flexibility index (Phi) is 5.27. The van der Waals surface area contributed by atoms with Crippen LogP contribution in [0.3, 0.4) is 0 Å². The zero-order valence-electron chi connectivity index (χ0n) is 14.6. The van der Waals surface area contributed by atoms with Crippen LogP contribution in [0.15, 0.2) is 24.3 Å². The Balaban J connectivity index is 1.91. The SMILES string of the molecule is CC(C)(C)OC(=O)N1CCN(c2ccc(NS(C)(=O)=O)cc2)CC1. The van der Waals surface area contributed by atoms with Crippen LogP contribution in [-0.2, 0) is 14.8 Å². The van der Waals surface area contributed by atoms with Crippen molar-refractivity contribution in [2.45, 2.75) is 26.4 Å². The lowest BCUT2D eigenvalue weighted by molar-refractivity contribution is 0.0240. The van der Waals surface area contributed by atoms with Crippen LogP contribution in [0.25, 0.3) is 0 Å². The van der Waals surface area contributed by atoms with E-state index in [-0.39, 0.29) is 6.09 Å². The maximum atomic E-state index is 12.1. The first-order chi connectivity index (χ1) is 11.0. The average molecular weight is 355 g/mol. The number of ether oxygens (including phenoxy) is 1. The predicted octanol–water partition coefficient (Wildman–Crippen LogP) is 2.12. The lowest BCUT2D eigenvalue weighted by atomic mass is 10.2. The van der Waals surface area contributed by atoms with Gasteiger partial charge in [-0.2, -0.15) is 0 Å². The molecule has 0 saturated carbocycles. The van der Waals surface area contributed by atoms with Crippen LogP contribution in [0.4, 0.5) is 16.2 Å². The number of piperazine rings is 1. The first-order valence-electron chi connectivity index (χ1n) is 7.84. The summed E-state index contributed by atoms with van der Waals surface area (Å²) in [5, 5.41) is 0. The lowest BCUT2D eigenvalue weighted by Gasteiger charge is -2.36. The van der Waals surface area contributed by atoms with Gasteiger partial charge in [-0.15, -0.1) is 0 Å². The van der Waals surface area contributed by atoms with E-state index in [1.54, 1.807) is 17.0 Å². The summed E-state index contributed by atoms with van der Waals surface area (Å²) in [6.45, 7) is 8.17. The molecule has 0 radical (unpaired) electrons. The van der Waals surface area contributed by atoms with Gasteiger partial charge in [-0.05, 0) is 45.0 Å². The number of carbonyl (C=O) groups is 1. The molecule has 8 heteroatoms. The van der Waals surface area contributed by atoms with E-state index in [9.17, 15) is 13.2 Å². The van der Waals surface area contributed by atoms with Gasteiger partial charge in [0, 0.05) is 37.6 Å². The number of amides is 1. The third-order valence-electron chi connectivity index (χ3n) is 3.47. The number of hydrogen-bond acceptors (Lipinski definition) is 5. The Bertz CT molecular complexity index is 672. The van der Waals surface area contributed by atoms with Crippen molar-refractivity contribution in [3.05, 3.63) is 24.3 Å². The van der Waals surface area contributed by atoms with Gasteiger partial charge in [0.15, 0.2) is 0 Å². The van der Waals surface area contributed by atoms with Crippen molar-refractivity contribution in [3.8, 4) is 0 Å². The molecule has 0 atom stereocenters. The van der Waals surface area contributed by atoms with Crippen LogP contribution >= 0.6 is 0 Å². The molecule has 24 heavy (non-hydrogen) atoms. The van der Waals surface area contributed by atoms with Crippen molar-refractivity contribution in [2.24, 2.45) is 0 Å². The molecule has 1 aromatic rings. The summed E-state index contributed by atoms with van der Waals surface area (Å²) < 4.78 is 30.3. The molecule has 0 unspecified atom stereocenters. The van der Waals surface area contributed by atoms with E-state index in [0.717, 1.165) is 11.9 Å². The predicted molar refractivity (Wildman–Crippen MR) is 94.9 cm³/mol. The van der Waals surface area contributed by atoms with Crippen molar-refractivity contribution in [2.75, 3.05) is 42.1 Å². The second-order valence-electron chi connectivity index (χ2n) is 6.88.